The van der Waals surface area contributed by atoms with Gasteiger partial charge in [-0.25, -0.2) is 4.58 Å². The second-order valence-corrected chi connectivity index (χ2v) is 28.9. The lowest BCUT2D eigenvalue weighted by Crippen LogP contribution is -2.49. The average molecular weight is 1200 g/mol. The normalized spacial score (nSPS) is 13.3. The first-order chi connectivity index (χ1) is 41.0. The van der Waals surface area contributed by atoms with E-state index in [9.17, 15) is 29.7 Å². The zero-order valence-electron chi connectivity index (χ0n) is 52.4. The van der Waals surface area contributed by atoms with E-state index in [4.69, 9.17) is 0 Å². The summed E-state index contributed by atoms with van der Waals surface area (Å²) in [6, 6.07) is 42.2. The summed E-state index contributed by atoms with van der Waals surface area (Å²) in [6.45, 7) is 24.2. The zero-order chi connectivity index (χ0) is 61.7. The van der Waals surface area contributed by atoms with Gasteiger partial charge in [-0.15, -0.1) is 12.4 Å². The van der Waals surface area contributed by atoms with Gasteiger partial charge >= 0.3 is 14.2 Å². The number of hydrogen-bond donors (Lipinski definition) is 5. The molecule has 87 heavy (non-hydrogen) atoms. The summed E-state index contributed by atoms with van der Waals surface area (Å²) in [6.07, 6.45) is 9.49. The first-order valence-corrected chi connectivity index (χ1v) is 33.1. The van der Waals surface area contributed by atoms with E-state index in [2.05, 4.69) is 184 Å². The van der Waals surface area contributed by atoms with Crippen LogP contribution < -0.4 is 26.3 Å². The molecule has 0 atom stereocenters. The molecule has 0 unspecified atom stereocenters. The van der Waals surface area contributed by atoms with Crippen LogP contribution in [0.4, 0.5) is 5.69 Å². The molecule has 1 aliphatic heterocycles. The number of nitrogens with one attached hydrogen (secondary N) is 1. The summed E-state index contributed by atoms with van der Waals surface area (Å²) in [5.41, 5.74) is 17.7. The lowest BCUT2D eigenvalue weighted by atomic mass is 9.77. The van der Waals surface area contributed by atoms with E-state index in [-0.39, 0.29) is 24.1 Å². The molecule has 9 rings (SSSR count). The molecule has 0 aromatic heterocycles. The molecule has 0 saturated heterocycles. The van der Waals surface area contributed by atoms with Crippen LogP contribution in [0.2, 0.25) is 13.1 Å². The number of benzene rings is 7. The summed E-state index contributed by atoms with van der Waals surface area (Å²) in [4.78, 5) is 32.4. The van der Waals surface area contributed by atoms with Gasteiger partial charge in [-0.2, -0.15) is 0 Å². The summed E-state index contributed by atoms with van der Waals surface area (Å²) in [5, 5.41) is 52.7. The molecular formula is C72H85B2ClN5O6Si+. The van der Waals surface area contributed by atoms with Crippen molar-refractivity contribution in [3.05, 3.63) is 219 Å². The molecule has 0 saturated carbocycles. The summed E-state index contributed by atoms with van der Waals surface area (Å²) in [5.74, 6) is -0.133. The molecule has 5 N–H and O–H groups in total. The average Bonchev–Trinajstić information content (AvgIpc) is 0.752. The van der Waals surface area contributed by atoms with Gasteiger partial charge in [-0.1, -0.05) is 129 Å². The molecule has 11 nitrogen and oxygen atoms in total. The van der Waals surface area contributed by atoms with Crippen LogP contribution in [0.15, 0.2) is 175 Å². The van der Waals surface area contributed by atoms with Crippen molar-refractivity contribution in [1.82, 2.24) is 15.1 Å². The summed E-state index contributed by atoms with van der Waals surface area (Å²) < 4.78 is 2.20. The third kappa shape index (κ3) is 14.5. The molecule has 1 heterocycles. The number of ketones is 1. The number of Topliss-reactive ketones (excluding diaryl/α,β-unsaturated/α-hetero) is 1. The number of halogens is 1. The Labute approximate surface area is 523 Å². The number of allylic oxidation sites excluding steroid dienone is 6. The fourth-order valence-corrected chi connectivity index (χ4v) is 15.7. The molecule has 7 aromatic rings. The predicted molar refractivity (Wildman–Crippen MR) is 369 cm³/mol. The van der Waals surface area contributed by atoms with Crippen molar-refractivity contribution < 1.29 is 34.3 Å². The van der Waals surface area contributed by atoms with Crippen LogP contribution in [-0.2, 0) is 35.8 Å². The monoisotopic (exact) mass is 1200 g/mol. The Hall–Kier alpha value is -7.23. The number of amides is 1. The van der Waals surface area contributed by atoms with Crippen molar-refractivity contribution in [3.8, 4) is 11.1 Å². The molecule has 1 aliphatic carbocycles. The number of hydrogen-bond acceptors (Lipinski definition) is 9. The third-order valence-corrected chi connectivity index (χ3v) is 21.0. The molecule has 7 aromatic carbocycles. The van der Waals surface area contributed by atoms with Gasteiger partial charge in [0.2, 0.25) is 5.91 Å². The van der Waals surface area contributed by atoms with Gasteiger partial charge in [0.1, 0.15) is 22.2 Å². The van der Waals surface area contributed by atoms with Crippen molar-refractivity contribution in [2.24, 2.45) is 0 Å². The maximum Gasteiger partial charge on any atom is 0.488 e. The van der Waals surface area contributed by atoms with Crippen molar-refractivity contribution in [2.75, 3.05) is 52.7 Å². The highest BCUT2D eigenvalue weighted by Gasteiger charge is 2.41. The molecular weight excluding hydrogens is 1120 g/mol. The SMILES string of the molecule is C=C(C)C(=O)CCCCN(Cc1ccccc1B(O)O)Cc1c2ccccc2c(CN(CCCNC(=O)C(=C)C)Cc2ccccc2B(O)O)c2ccc(-c3cc(C)c(C4=C5C=CC(=[N+](C)C)C=C5[Si](C)(C)c5cc(N(C)C)ccc54)cc3C)cc12.Cl. The molecule has 0 bridgehead atoms. The Bertz CT molecular complexity index is 3940. The van der Waals surface area contributed by atoms with E-state index in [0.717, 1.165) is 66.9 Å². The number of carbonyl (C=O) groups excluding carboxylic acids is 2. The lowest BCUT2D eigenvalue weighted by molar-refractivity contribution is -0.462. The zero-order valence-corrected chi connectivity index (χ0v) is 54.2. The van der Waals surface area contributed by atoms with Crippen LogP contribution in [0.3, 0.4) is 0 Å². The fraction of sp³-hybridized carbons (Fsp3) is 0.292. The largest absolute Gasteiger partial charge is 0.488 e. The number of anilines is 1. The molecule has 0 fully saturated rings. The Morgan fingerprint density at radius 2 is 1.17 bits per heavy atom. The number of nitrogens with zero attached hydrogens (tertiary/aromatic N) is 4. The highest BCUT2D eigenvalue weighted by atomic mass is 35.5. The second-order valence-electron chi connectivity index (χ2n) is 24.6. The van der Waals surface area contributed by atoms with E-state index in [0.29, 0.717) is 87.1 Å². The van der Waals surface area contributed by atoms with E-state index in [1.54, 1.807) is 26.0 Å². The van der Waals surface area contributed by atoms with Gasteiger partial charge in [-0.05, 0) is 193 Å². The van der Waals surface area contributed by atoms with E-state index >= 15 is 0 Å². The minimum atomic E-state index is -2.18. The fourth-order valence-electron chi connectivity index (χ4n) is 12.6. The standard InChI is InChI=1S/C72H83B2N5O6Si.ClH/c1-47(2)68(80)28-19-20-36-78(43-52-22-13-17-26-66(52)73(82)83)46-65-57-25-16-15-24-56(57)64(45-79(37-21-35-75-72(81)48(3)4)44-53-23-14-18-27-67(53)74(84)85)58-32-29-51(40-63(58)65)61-38-50(6)62(39-49(61)5)71-59-33-30-54(76(7)8)41-69(59)86(11,12)70-42-55(77(9)10)31-34-60(70)71;/h13-18,22-27,29-34,38-42,82-85H,1,3,19-21,28,35-37,43-46H2,2,4-12H3;1H/p+1. The molecule has 2 aliphatic rings. The van der Waals surface area contributed by atoms with Crippen LogP contribution in [-0.4, -0.2) is 122 Å². The lowest BCUT2D eigenvalue weighted by Gasteiger charge is -2.38. The van der Waals surface area contributed by atoms with Gasteiger partial charge in [0.15, 0.2) is 11.5 Å². The highest BCUT2D eigenvalue weighted by molar-refractivity contribution is 6.98. The number of carbonyl (C=O) groups is 2. The minimum absolute atomic E-state index is 0. The van der Waals surface area contributed by atoms with Crippen LogP contribution in [0, 0.1) is 13.8 Å². The first-order valence-electron chi connectivity index (χ1n) is 30.1. The van der Waals surface area contributed by atoms with Gasteiger partial charge in [0.25, 0.3) is 0 Å². The minimum Gasteiger partial charge on any atom is -0.423 e. The van der Waals surface area contributed by atoms with Crippen molar-refractivity contribution in [1.29, 1.82) is 0 Å². The van der Waals surface area contributed by atoms with Crippen molar-refractivity contribution >= 4 is 101 Å². The Balaban J connectivity index is 0.00000982. The smallest absolute Gasteiger partial charge is 0.423 e. The van der Waals surface area contributed by atoms with Crippen molar-refractivity contribution in [2.45, 2.75) is 92.7 Å². The molecule has 450 valence electrons. The van der Waals surface area contributed by atoms with E-state index in [1.807, 2.05) is 36.4 Å². The van der Waals surface area contributed by atoms with Gasteiger partial charge < -0.3 is 30.3 Å². The Morgan fingerprint density at radius 1 is 0.621 bits per heavy atom. The van der Waals surface area contributed by atoms with Gasteiger partial charge in [0, 0.05) is 83.2 Å². The number of unbranched alkanes of at least 4 members (excludes halogenated alkanes) is 1. The molecule has 0 spiro atoms. The van der Waals surface area contributed by atoms with Crippen LogP contribution in [0.25, 0.3) is 38.2 Å². The van der Waals surface area contributed by atoms with Gasteiger partial charge in [-0.3, -0.25) is 19.4 Å². The number of aryl methyl sites for hydroxylation is 2. The number of rotatable bonds is 24. The molecule has 15 heteroatoms. The van der Waals surface area contributed by atoms with Crippen LogP contribution >= 0.6 is 12.4 Å². The quantitative estimate of drug-likeness (QED) is 0.0132. The number of fused-ring (bicyclic) bond motifs is 4. The molecule has 0 radical (unpaired) electrons. The van der Waals surface area contributed by atoms with E-state index < -0.39 is 22.3 Å². The first kappa shape index (κ1) is 65.7. The third-order valence-electron chi connectivity index (χ3n) is 17.5. The summed E-state index contributed by atoms with van der Waals surface area (Å²) >= 11 is 0. The highest BCUT2D eigenvalue weighted by Crippen LogP contribution is 2.45. The topological polar surface area (TPSA) is 140 Å². The maximum atomic E-state index is 12.8. The van der Waals surface area contributed by atoms with Crippen molar-refractivity contribution in [3.63, 3.8) is 0 Å². The second kappa shape index (κ2) is 28.3. The molecule has 1 amide bonds. The Kier molecular flexibility index (Phi) is 21.4. The van der Waals surface area contributed by atoms with Crippen LogP contribution in [0.1, 0.15) is 84.0 Å². The van der Waals surface area contributed by atoms with Gasteiger partial charge in [0.05, 0.1) is 0 Å². The van der Waals surface area contributed by atoms with E-state index in [1.165, 1.54) is 49.6 Å². The summed E-state index contributed by atoms with van der Waals surface area (Å²) in [7, 11) is 2.97. The Morgan fingerprint density at radius 3 is 1.75 bits per heavy atom. The predicted octanol–water partition coefficient (Wildman–Crippen LogP) is 10.0. The van der Waals surface area contributed by atoms with Crippen LogP contribution in [0.5, 0.6) is 0 Å². The maximum absolute atomic E-state index is 12.8.